The van der Waals surface area contributed by atoms with Crippen molar-refractivity contribution in [3.05, 3.63) is 71.8 Å². The molecule has 0 aliphatic heterocycles. The smallest absolute Gasteiger partial charge is 0.100 e. The SMILES string of the molecule is OCC(O)COCCc1ccccc1.OCC(O)COCc1ccccc1. The molecule has 2 aromatic rings. The van der Waals surface area contributed by atoms with E-state index in [1.807, 2.05) is 60.7 Å². The summed E-state index contributed by atoms with van der Waals surface area (Å²) < 4.78 is 10.3. The molecule has 2 aromatic carbocycles. The highest BCUT2D eigenvalue weighted by Crippen LogP contribution is 2.01. The summed E-state index contributed by atoms with van der Waals surface area (Å²) in [6.45, 7) is 0.911. The second-order valence-corrected chi connectivity index (χ2v) is 5.98. The predicted molar refractivity (Wildman–Crippen MR) is 103 cm³/mol. The lowest BCUT2D eigenvalue weighted by molar-refractivity contribution is 0.0000253. The van der Waals surface area contributed by atoms with Crippen molar-refractivity contribution in [3.63, 3.8) is 0 Å². The lowest BCUT2D eigenvalue weighted by Gasteiger charge is -2.07. The molecule has 0 aliphatic rings. The molecule has 0 saturated heterocycles. The van der Waals surface area contributed by atoms with Gasteiger partial charge in [0.1, 0.15) is 12.2 Å². The molecule has 2 unspecified atom stereocenters. The number of rotatable bonds is 11. The van der Waals surface area contributed by atoms with E-state index in [9.17, 15) is 0 Å². The first-order valence-electron chi connectivity index (χ1n) is 8.97. The molecule has 6 nitrogen and oxygen atoms in total. The van der Waals surface area contributed by atoms with Crippen LogP contribution in [0.1, 0.15) is 11.1 Å². The van der Waals surface area contributed by atoms with Crippen LogP contribution in [0.3, 0.4) is 0 Å². The molecule has 0 radical (unpaired) electrons. The Morgan fingerprint density at radius 1 is 0.667 bits per heavy atom. The number of hydrogen-bond acceptors (Lipinski definition) is 6. The largest absolute Gasteiger partial charge is 0.394 e. The summed E-state index contributed by atoms with van der Waals surface area (Å²) in [6, 6.07) is 19.7. The Hall–Kier alpha value is -1.80. The van der Waals surface area contributed by atoms with Crippen LogP contribution >= 0.6 is 0 Å². The molecule has 150 valence electrons. The Labute approximate surface area is 160 Å². The van der Waals surface area contributed by atoms with Gasteiger partial charge in [-0.3, -0.25) is 0 Å². The second-order valence-electron chi connectivity index (χ2n) is 5.98. The van der Waals surface area contributed by atoms with Crippen molar-refractivity contribution in [2.45, 2.75) is 25.2 Å². The summed E-state index contributed by atoms with van der Waals surface area (Å²) >= 11 is 0. The number of aliphatic hydroxyl groups excluding tert-OH is 4. The van der Waals surface area contributed by atoms with Crippen LogP contribution in [0.4, 0.5) is 0 Å². The molecule has 0 heterocycles. The van der Waals surface area contributed by atoms with Crippen LogP contribution in [0.15, 0.2) is 60.7 Å². The number of hydrogen-bond donors (Lipinski definition) is 4. The number of aliphatic hydroxyl groups is 4. The molecule has 2 atom stereocenters. The van der Waals surface area contributed by atoms with E-state index < -0.39 is 12.2 Å². The molecule has 4 N–H and O–H groups in total. The van der Waals surface area contributed by atoms with Crippen LogP contribution in [0, 0.1) is 0 Å². The van der Waals surface area contributed by atoms with Crippen LogP contribution in [0.2, 0.25) is 0 Å². The van der Waals surface area contributed by atoms with Crippen LogP contribution in [0.5, 0.6) is 0 Å². The van der Waals surface area contributed by atoms with E-state index >= 15 is 0 Å². The highest BCUT2D eigenvalue weighted by atomic mass is 16.5. The van der Waals surface area contributed by atoms with Crippen molar-refractivity contribution in [2.75, 3.05) is 33.0 Å². The standard InChI is InChI=1S/C11H16O3.C10H14O3/c12-8-11(13)9-14-7-6-10-4-2-1-3-5-10;11-6-10(12)8-13-7-9-4-2-1-3-5-9/h1-5,11-13H,6-9H2;1-5,10-12H,6-8H2. The maximum Gasteiger partial charge on any atom is 0.100 e. The monoisotopic (exact) mass is 378 g/mol. The van der Waals surface area contributed by atoms with Gasteiger partial charge in [-0.05, 0) is 17.5 Å². The molecule has 0 saturated carbocycles. The molecule has 27 heavy (non-hydrogen) atoms. The van der Waals surface area contributed by atoms with Crippen molar-refractivity contribution < 1.29 is 29.9 Å². The lowest BCUT2D eigenvalue weighted by Crippen LogP contribution is -2.20. The minimum Gasteiger partial charge on any atom is -0.394 e. The Bertz CT molecular complexity index is 563. The van der Waals surface area contributed by atoms with Gasteiger partial charge in [0.15, 0.2) is 0 Å². The fraction of sp³-hybridized carbons (Fsp3) is 0.429. The van der Waals surface area contributed by atoms with Crippen molar-refractivity contribution in [1.29, 1.82) is 0 Å². The Balaban J connectivity index is 0.000000271. The molecule has 0 aliphatic carbocycles. The fourth-order valence-corrected chi connectivity index (χ4v) is 2.05. The molecular formula is C21H30O6. The van der Waals surface area contributed by atoms with Gasteiger partial charge in [-0.1, -0.05) is 60.7 Å². The minimum atomic E-state index is -0.774. The molecule has 0 spiro atoms. The third-order valence-corrected chi connectivity index (χ3v) is 3.53. The van der Waals surface area contributed by atoms with Gasteiger partial charge in [-0.2, -0.15) is 0 Å². The average molecular weight is 378 g/mol. The summed E-state index contributed by atoms with van der Waals surface area (Å²) in [5.74, 6) is 0. The summed E-state index contributed by atoms with van der Waals surface area (Å²) in [5.41, 5.74) is 2.28. The van der Waals surface area contributed by atoms with E-state index in [1.165, 1.54) is 5.56 Å². The second kappa shape index (κ2) is 15.3. The maximum absolute atomic E-state index is 8.98. The van der Waals surface area contributed by atoms with Crippen LogP contribution in [0.25, 0.3) is 0 Å². The zero-order valence-electron chi connectivity index (χ0n) is 15.5. The lowest BCUT2D eigenvalue weighted by atomic mass is 10.2. The summed E-state index contributed by atoms with van der Waals surface area (Å²) in [4.78, 5) is 0. The van der Waals surface area contributed by atoms with Gasteiger partial charge in [0.05, 0.1) is 39.6 Å². The first kappa shape index (κ1) is 23.2. The van der Waals surface area contributed by atoms with Crippen molar-refractivity contribution in [3.8, 4) is 0 Å². The molecule has 0 amide bonds. The first-order valence-corrected chi connectivity index (χ1v) is 8.97. The fourth-order valence-electron chi connectivity index (χ4n) is 2.05. The number of benzene rings is 2. The number of ether oxygens (including phenoxy) is 2. The van der Waals surface area contributed by atoms with E-state index in [0.29, 0.717) is 13.2 Å². The molecular weight excluding hydrogens is 348 g/mol. The van der Waals surface area contributed by atoms with Gasteiger partial charge in [-0.15, -0.1) is 0 Å². The minimum absolute atomic E-state index is 0.172. The molecule has 0 fully saturated rings. The van der Waals surface area contributed by atoms with Crippen LogP contribution in [-0.2, 0) is 22.5 Å². The van der Waals surface area contributed by atoms with Gasteiger partial charge in [0.2, 0.25) is 0 Å². The van der Waals surface area contributed by atoms with Crippen molar-refractivity contribution in [2.24, 2.45) is 0 Å². The van der Waals surface area contributed by atoms with Gasteiger partial charge in [-0.25, -0.2) is 0 Å². The summed E-state index contributed by atoms with van der Waals surface area (Å²) in [6.07, 6.45) is -0.701. The normalized spacial score (nSPS) is 12.7. The highest BCUT2D eigenvalue weighted by molar-refractivity contribution is 5.14. The summed E-state index contributed by atoms with van der Waals surface area (Å²) in [5, 5.41) is 35.0. The Kier molecular flexibility index (Phi) is 13.1. The highest BCUT2D eigenvalue weighted by Gasteiger charge is 2.01. The molecule has 2 rings (SSSR count). The topological polar surface area (TPSA) is 99.4 Å². The Morgan fingerprint density at radius 2 is 1.15 bits per heavy atom. The van der Waals surface area contributed by atoms with E-state index in [1.54, 1.807) is 0 Å². The average Bonchev–Trinajstić information content (AvgIpc) is 2.73. The molecule has 6 heteroatoms. The van der Waals surface area contributed by atoms with E-state index in [4.69, 9.17) is 29.9 Å². The summed E-state index contributed by atoms with van der Waals surface area (Å²) in [7, 11) is 0. The van der Waals surface area contributed by atoms with E-state index in [0.717, 1.165) is 12.0 Å². The van der Waals surface area contributed by atoms with Crippen molar-refractivity contribution in [1.82, 2.24) is 0 Å². The van der Waals surface area contributed by atoms with Crippen LogP contribution < -0.4 is 0 Å². The molecule has 0 aromatic heterocycles. The first-order chi connectivity index (χ1) is 13.2. The van der Waals surface area contributed by atoms with E-state index in [-0.39, 0.29) is 26.4 Å². The van der Waals surface area contributed by atoms with Crippen LogP contribution in [-0.4, -0.2) is 65.7 Å². The van der Waals surface area contributed by atoms with Gasteiger partial charge >= 0.3 is 0 Å². The third-order valence-electron chi connectivity index (χ3n) is 3.53. The zero-order chi connectivity index (χ0) is 19.7. The van der Waals surface area contributed by atoms with Gasteiger partial charge in [0, 0.05) is 0 Å². The quantitative estimate of drug-likeness (QED) is 0.438. The molecule has 0 bridgehead atoms. The van der Waals surface area contributed by atoms with Gasteiger partial charge < -0.3 is 29.9 Å². The zero-order valence-corrected chi connectivity index (χ0v) is 15.5. The maximum atomic E-state index is 8.98. The predicted octanol–water partition coefficient (Wildman–Crippen LogP) is 1.16. The Morgan fingerprint density at radius 3 is 1.67 bits per heavy atom. The van der Waals surface area contributed by atoms with Gasteiger partial charge in [0.25, 0.3) is 0 Å². The third kappa shape index (κ3) is 12.3. The van der Waals surface area contributed by atoms with Crippen molar-refractivity contribution >= 4 is 0 Å². The van der Waals surface area contributed by atoms with E-state index in [2.05, 4.69) is 0 Å².